The van der Waals surface area contributed by atoms with Crippen molar-refractivity contribution in [2.75, 3.05) is 5.73 Å². The van der Waals surface area contributed by atoms with Gasteiger partial charge < -0.3 is 5.73 Å². The summed E-state index contributed by atoms with van der Waals surface area (Å²) in [6.45, 7) is 0. The number of ketones is 1. The monoisotopic (exact) mass is 247 g/mol. The van der Waals surface area contributed by atoms with Crippen molar-refractivity contribution in [3.8, 4) is 0 Å². The molecule has 0 aliphatic rings. The van der Waals surface area contributed by atoms with E-state index in [0.717, 1.165) is 0 Å². The minimum absolute atomic E-state index is 0.149. The van der Waals surface area contributed by atoms with Crippen molar-refractivity contribution in [1.29, 1.82) is 0 Å². The van der Waals surface area contributed by atoms with Crippen molar-refractivity contribution in [2.24, 2.45) is 0 Å². The summed E-state index contributed by atoms with van der Waals surface area (Å²) in [5, 5.41) is 0.347. The highest BCUT2D eigenvalue weighted by Gasteiger charge is 2.13. The molecule has 2 heterocycles. The van der Waals surface area contributed by atoms with Crippen LogP contribution in [0.5, 0.6) is 0 Å². The van der Waals surface area contributed by atoms with Crippen molar-refractivity contribution in [3.05, 3.63) is 52.9 Å². The molecule has 0 aromatic carbocycles. The number of carbonyl (C=O) groups excluding carboxylic acids is 1. The Bertz CT molecular complexity index is 557. The topological polar surface area (TPSA) is 68.9 Å². The first-order valence-electron chi connectivity index (χ1n) is 5.01. The van der Waals surface area contributed by atoms with Crippen molar-refractivity contribution in [3.63, 3.8) is 0 Å². The van der Waals surface area contributed by atoms with E-state index in [4.69, 9.17) is 17.3 Å². The van der Waals surface area contributed by atoms with Crippen molar-refractivity contribution in [2.45, 2.75) is 6.42 Å². The third-order valence-corrected chi connectivity index (χ3v) is 2.60. The summed E-state index contributed by atoms with van der Waals surface area (Å²) in [4.78, 5) is 19.8. The summed E-state index contributed by atoms with van der Waals surface area (Å²) in [5.41, 5.74) is 6.61. The second-order valence-corrected chi connectivity index (χ2v) is 3.89. The quantitative estimate of drug-likeness (QED) is 0.844. The van der Waals surface area contributed by atoms with Gasteiger partial charge in [0.15, 0.2) is 5.78 Å². The summed E-state index contributed by atoms with van der Waals surface area (Å²) >= 11 is 5.89. The van der Waals surface area contributed by atoms with E-state index in [-0.39, 0.29) is 17.9 Å². The van der Waals surface area contributed by atoms with E-state index in [9.17, 15) is 4.79 Å². The summed E-state index contributed by atoms with van der Waals surface area (Å²) in [5.74, 6) is 0.184. The van der Waals surface area contributed by atoms with E-state index in [1.165, 1.54) is 6.20 Å². The molecule has 0 unspecified atom stereocenters. The fourth-order valence-electron chi connectivity index (χ4n) is 1.45. The molecular formula is C12H10ClN3O. The molecule has 0 amide bonds. The number of carbonyl (C=O) groups is 1. The van der Waals surface area contributed by atoms with Gasteiger partial charge in [-0.1, -0.05) is 17.7 Å². The van der Waals surface area contributed by atoms with Gasteiger partial charge in [-0.2, -0.15) is 0 Å². The third kappa shape index (κ3) is 2.60. The highest BCUT2D eigenvalue weighted by molar-refractivity contribution is 6.33. The van der Waals surface area contributed by atoms with Crippen LogP contribution < -0.4 is 5.73 Å². The summed E-state index contributed by atoms with van der Waals surface area (Å²) in [6, 6.07) is 6.81. The Morgan fingerprint density at radius 2 is 1.94 bits per heavy atom. The standard InChI is InChI=1S/C12H10ClN3O/c13-9-4-2-5-15-11(9)10(17)7-8-3-1-6-16-12(8)14/h1-6H,7H2,(H2,14,16). The van der Waals surface area contributed by atoms with Crippen LogP contribution in [0.3, 0.4) is 0 Å². The molecule has 0 fully saturated rings. The third-order valence-electron chi connectivity index (χ3n) is 2.30. The van der Waals surface area contributed by atoms with Gasteiger partial charge in [0.2, 0.25) is 0 Å². The molecule has 0 aliphatic carbocycles. The number of anilines is 1. The van der Waals surface area contributed by atoms with Gasteiger partial charge in [0.25, 0.3) is 0 Å². The molecular weight excluding hydrogens is 238 g/mol. The zero-order chi connectivity index (χ0) is 12.3. The molecule has 2 aromatic heterocycles. The number of halogens is 1. The number of nitrogens with zero attached hydrogens (tertiary/aromatic N) is 2. The fourth-order valence-corrected chi connectivity index (χ4v) is 1.67. The second kappa shape index (κ2) is 4.93. The van der Waals surface area contributed by atoms with Crippen LogP contribution in [0.1, 0.15) is 16.1 Å². The predicted octanol–water partition coefficient (Wildman–Crippen LogP) is 2.14. The molecule has 0 bridgehead atoms. The van der Waals surface area contributed by atoms with Gasteiger partial charge in [-0.25, -0.2) is 4.98 Å². The van der Waals surface area contributed by atoms with E-state index in [2.05, 4.69) is 9.97 Å². The number of nitrogens with two attached hydrogens (primary N) is 1. The van der Waals surface area contributed by atoms with Crippen LogP contribution in [0.2, 0.25) is 5.02 Å². The molecule has 86 valence electrons. The molecule has 17 heavy (non-hydrogen) atoms. The van der Waals surface area contributed by atoms with Crippen LogP contribution in [-0.2, 0) is 6.42 Å². The molecule has 0 spiro atoms. The molecule has 0 atom stereocenters. The van der Waals surface area contributed by atoms with E-state index < -0.39 is 0 Å². The molecule has 0 radical (unpaired) electrons. The van der Waals surface area contributed by atoms with Crippen molar-refractivity contribution in [1.82, 2.24) is 9.97 Å². The average Bonchev–Trinajstić information content (AvgIpc) is 2.32. The maximum atomic E-state index is 12.0. The predicted molar refractivity (Wildman–Crippen MR) is 65.9 cm³/mol. The Morgan fingerprint density at radius 3 is 2.65 bits per heavy atom. The number of pyridine rings is 2. The maximum absolute atomic E-state index is 12.0. The number of hydrogen-bond donors (Lipinski definition) is 1. The minimum Gasteiger partial charge on any atom is -0.383 e. The number of nitrogen functional groups attached to an aromatic ring is 1. The second-order valence-electron chi connectivity index (χ2n) is 3.48. The van der Waals surface area contributed by atoms with Crippen molar-refractivity contribution < 1.29 is 4.79 Å². The number of aromatic nitrogens is 2. The molecule has 4 nitrogen and oxygen atoms in total. The lowest BCUT2D eigenvalue weighted by atomic mass is 10.1. The zero-order valence-corrected chi connectivity index (χ0v) is 9.69. The lowest BCUT2D eigenvalue weighted by molar-refractivity contribution is 0.0988. The van der Waals surface area contributed by atoms with Crippen LogP contribution in [0.4, 0.5) is 5.82 Å². The van der Waals surface area contributed by atoms with Gasteiger partial charge in [-0.3, -0.25) is 9.78 Å². The molecule has 0 saturated carbocycles. The highest BCUT2D eigenvalue weighted by atomic mass is 35.5. The first kappa shape index (κ1) is 11.5. The Morgan fingerprint density at radius 1 is 1.24 bits per heavy atom. The van der Waals surface area contributed by atoms with Gasteiger partial charge in [0.1, 0.15) is 11.5 Å². The van der Waals surface area contributed by atoms with E-state index in [0.29, 0.717) is 16.4 Å². The SMILES string of the molecule is Nc1ncccc1CC(=O)c1ncccc1Cl. The first-order valence-corrected chi connectivity index (χ1v) is 5.39. The number of rotatable bonds is 3. The van der Waals surface area contributed by atoms with E-state index in [1.54, 1.807) is 30.5 Å². The van der Waals surface area contributed by atoms with Crippen molar-refractivity contribution >= 4 is 23.2 Å². The van der Waals surface area contributed by atoms with Crippen LogP contribution in [0.25, 0.3) is 0 Å². The van der Waals surface area contributed by atoms with Gasteiger partial charge >= 0.3 is 0 Å². The van der Waals surface area contributed by atoms with E-state index in [1.807, 2.05) is 0 Å². The maximum Gasteiger partial charge on any atom is 0.187 e. The molecule has 0 aliphatic heterocycles. The van der Waals surface area contributed by atoms with Gasteiger partial charge in [0.05, 0.1) is 5.02 Å². The molecule has 0 saturated heterocycles. The van der Waals surface area contributed by atoms with Crippen LogP contribution in [0, 0.1) is 0 Å². The lowest BCUT2D eigenvalue weighted by Gasteiger charge is -2.04. The lowest BCUT2D eigenvalue weighted by Crippen LogP contribution is -2.09. The average molecular weight is 248 g/mol. The highest BCUT2D eigenvalue weighted by Crippen LogP contribution is 2.16. The first-order chi connectivity index (χ1) is 8.18. The number of Topliss-reactive ketones (excluding diaryl/α,β-unsaturated/α-hetero) is 1. The Kier molecular flexibility index (Phi) is 3.35. The largest absolute Gasteiger partial charge is 0.383 e. The smallest absolute Gasteiger partial charge is 0.187 e. The number of hydrogen-bond acceptors (Lipinski definition) is 4. The molecule has 2 aromatic rings. The Balaban J connectivity index is 2.24. The molecule has 2 N–H and O–H groups in total. The van der Waals surface area contributed by atoms with Crippen LogP contribution in [0.15, 0.2) is 36.7 Å². The normalized spacial score (nSPS) is 10.2. The fraction of sp³-hybridized carbons (Fsp3) is 0.0833. The summed E-state index contributed by atoms with van der Waals surface area (Å²) in [6.07, 6.45) is 3.26. The van der Waals surface area contributed by atoms with Gasteiger partial charge in [-0.05, 0) is 18.2 Å². The Labute approximate surface area is 103 Å². The van der Waals surface area contributed by atoms with E-state index >= 15 is 0 Å². The van der Waals surface area contributed by atoms with Gasteiger partial charge in [-0.15, -0.1) is 0 Å². The zero-order valence-electron chi connectivity index (χ0n) is 8.93. The Hall–Kier alpha value is -1.94. The molecule has 2 rings (SSSR count). The summed E-state index contributed by atoms with van der Waals surface area (Å²) in [7, 11) is 0. The van der Waals surface area contributed by atoms with Crippen LogP contribution >= 0.6 is 11.6 Å². The molecule has 5 heteroatoms. The summed E-state index contributed by atoms with van der Waals surface area (Å²) < 4.78 is 0. The van der Waals surface area contributed by atoms with Gasteiger partial charge in [0, 0.05) is 24.4 Å². The minimum atomic E-state index is -0.171. The van der Waals surface area contributed by atoms with Crippen LogP contribution in [-0.4, -0.2) is 15.8 Å².